The minimum Gasteiger partial charge on any atom is -0.383 e. The fourth-order valence-corrected chi connectivity index (χ4v) is 2.13. The highest BCUT2D eigenvalue weighted by Gasteiger charge is 2.10. The molecule has 96 valence electrons. The molecule has 1 atom stereocenters. The highest BCUT2D eigenvalue weighted by atomic mass is 79.9. The van der Waals surface area contributed by atoms with E-state index < -0.39 is 0 Å². The van der Waals surface area contributed by atoms with Crippen LogP contribution in [0.5, 0.6) is 0 Å². The summed E-state index contributed by atoms with van der Waals surface area (Å²) in [4.78, 5) is 0. The van der Waals surface area contributed by atoms with Gasteiger partial charge in [-0.05, 0) is 39.7 Å². The molecule has 0 aliphatic carbocycles. The Hall–Kier alpha value is -1.86. The van der Waals surface area contributed by atoms with Gasteiger partial charge < -0.3 is 5.32 Å². The van der Waals surface area contributed by atoms with Gasteiger partial charge in [-0.25, -0.2) is 4.39 Å². The molecule has 1 unspecified atom stereocenters. The second kappa shape index (κ2) is 6.35. The zero-order valence-corrected chi connectivity index (χ0v) is 11.7. The summed E-state index contributed by atoms with van der Waals surface area (Å²) in [7, 11) is 0. The van der Waals surface area contributed by atoms with Gasteiger partial charge in [0.15, 0.2) is 0 Å². The molecule has 0 radical (unpaired) electrons. The van der Waals surface area contributed by atoms with E-state index in [1.54, 1.807) is 12.1 Å². The van der Waals surface area contributed by atoms with Crippen LogP contribution in [0.25, 0.3) is 0 Å². The van der Waals surface area contributed by atoms with Crippen LogP contribution in [-0.2, 0) is 0 Å². The predicted octanol–water partition coefficient (Wildman–Crippen LogP) is 4.31. The van der Waals surface area contributed by atoms with E-state index in [0.717, 1.165) is 11.3 Å². The van der Waals surface area contributed by atoms with Gasteiger partial charge in [-0.1, -0.05) is 30.3 Å². The lowest BCUT2D eigenvalue weighted by Crippen LogP contribution is -2.11. The first-order chi connectivity index (χ1) is 9.20. The smallest absolute Gasteiger partial charge is 0.137 e. The number of benzene rings is 2. The van der Waals surface area contributed by atoms with Gasteiger partial charge in [-0.3, -0.25) is 0 Å². The van der Waals surface area contributed by atoms with Crippen molar-refractivity contribution >= 4 is 21.6 Å². The predicted molar refractivity (Wildman–Crippen MR) is 77.4 cm³/mol. The monoisotopic (exact) mass is 318 g/mol. The molecule has 19 heavy (non-hydrogen) atoms. The van der Waals surface area contributed by atoms with Crippen molar-refractivity contribution in [2.24, 2.45) is 0 Å². The number of nitriles is 1. The third-order valence-electron chi connectivity index (χ3n) is 2.79. The van der Waals surface area contributed by atoms with E-state index in [1.807, 2.05) is 30.3 Å². The molecule has 0 saturated carbocycles. The molecule has 0 aromatic heterocycles. The van der Waals surface area contributed by atoms with E-state index in [2.05, 4.69) is 27.3 Å². The van der Waals surface area contributed by atoms with Crippen molar-refractivity contribution < 1.29 is 4.39 Å². The van der Waals surface area contributed by atoms with Gasteiger partial charge in [0.1, 0.15) is 5.82 Å². The number of rotatable bonds is 4. The molecule has 0 aliphatic heterocycles. The van der Waals surface area contributed by atoms with Crippen LogP contribution in [-0.4, -0.2) is 6.54 Å². The molecular formula is C15H12BrFN2. The highest BCUT2D eigenvalue weighted by molar-refractivity contribution is 9.10. The lowest BCUT2D eigenvalue weighted by atomic mass is 10.0. The first-order valence-corrected chi connectivity index (χ1v) is 6.63. The van der Waals surface area contributed by atoms with E-state index in [1.165, 1.54) is 6.07 Å². The molecule has 0 spiro atoms. The second-order valence-corrected chi connectivity index (χ2v) is 4.96. The van der Waals surface area contributed by atoms with Crippen LogP contribution in [0.1, 0.15) is 11.5 Å². The van der Waals surface area contributed by atoms with Crippen molar-refractivity contribution in [3.8, 4) is 6.07 Å². The van der Waals surface area contributed by atoms with Gasteiger partial charge >= 0.3 is 0 Å². The zero-order chi connectivity index (χ0) is 13.7. The second-order valence-electron chi connectivity index (χ2n) is 4.10. The van der Waals surface area contributed by atoms with Crippen molar-refractivity contribution in [3.63, 3.8) is 0 Å². The Kier molecular flexibility index (Phi) is 4.53. The minimum absolute atomic E-state index is 0.231. The van der Waals surface area contributed by atoms with Crippen LogP contribution in [0.3, 0.4) is 0 Å². The van der Waals surface area contributed by atoms with Crippen LogP contribution in [0.4, 0.5) is 10.1 Å². The summed E-state index contributed by atoms with van der Waals surface area (Å²) < 4.78 is 13.5. The van der Waals surface area contributed by atoms with Gasteiger partial charge in [0.25, 0.3) is 0 Å². The average molecular weight is 319 g/mol. The number of nitrogens with one attached hydrogen (secondary N) is 1. The maximum atomic E-state index is 13.1. The SMILES string of the molecule is N#CC(CNc1ccc(F)c(Br)c1)c1ccccc1. The van der Waals surface area contributed by atoms with Gasteiger partial charge in [-0.15, -0.1) is 0 Å². The third kappa shape index (κ3) is 3.55. The van der Waals surface area contributed by atoms with Crippen LogP contribution < -0.4 is 5.32 Å². The summed E-state index contributed by atoms with van der Waals surface area (Å²) in [6, 6.07) is 16.6. The zero-order valence-electron chi connectivity index (χ0n) is 10.1. The lowest BCUT2D eigenvalue weighted by molar-refractivity contribution is 0.621. The Morgan fingerprint density at radius 1 is 1.21 bits per heavy atom. The Labute approximate surface area is 120 Å². The van der Waals surface area contributed by atoms with Crippen LogP contribution in [0, 0.1) is 17.1 Å². The molecule has 0 aliphatic rings. The number of hydrogen-bond donors (Lipinski definition) is 1. The molecule has 1 N–H and O–H groups in total. The average Bonchev–Trinajstić information content (AvgIpc) is 2.44. The quantitative estimate of drug-likeness (QED) is 0.911. The van der Waals surface area contributed by atoms with Crippen molar-refractivity contribution in [1.82, 2.24) is 0 Å². The normalized spacial score (nSPS) is 11.6. The van der Waals surface area contributed by atoms with Crippen LogP contribution in [0.15, 0.2) is 53.0 Å². The van der Waals surface area contributed by atoms with E-state index in [9.17, 15) is 9.65 Å². The molecule has 2 nitrogen and oxygen atoms in total. The fourth-order valence-electron chi connectivity index (χ4n) is 1.75. The van der Waals surface area contributed by atoms with Crippen molar-refractivity contribution in [1.29, 1.82) is 5.26 Å². The van der Waals surface area contributed by atoms with Crippen LogP contribution in [0.2, 0.25) is 0 Å². The van der Waals surface area contributed by atoms with Crippen molar-refractivity contribution in [2.45, 2.75) is 5.92 Å². The standard InChI is InChI=1S/C15H12BrFN2/c16-14-8-13(6-7-15(14)17)19-10-12(9-18)11-4-2-1-3-5-11/h1-8,12,19H,10H2. The van der Waals surface area contributed by atoms with Gasteiger partial charge in [0, 0.05) is 12.2 Å². The van der Waals surface area contributed by atoms with Gasteiger partial charge in [0.2, 0.25) is 0 Å². The summed E-state index contributed by atoms with van der Waals surface area (Å²) >= 11 is 3.14. The van der Waals surface area contributed by atoms with Crippen molar-refractivity contribution in [3.05, 3.63) is 64.4 Å². The fraction of sp³-hybridized carbons (Fsp3) is 0.133. The maximum absolute atomic E-state index is 13.1. The molecule has 4 heteroatoms. The number of hydrogen-bond acceptors (Lipinski definition) is 2. The van der Waals surface area contributed by atoms with E-state index >= 15 is 0 Å². The summed E-state index contributed by atoms with van der Waals surface area (Å²) in [6.45, 7) is 0.485. The van der Waals surface area contributed by atoms with Gasteiger partial charge in [0.05, 0.1) is 16.5 Å². The van der Waals surface area contributed by atoms with Crippen LogP contribution >= 0.6 is 15.9 Å². The third-order valence-corrected chi connectivity index (χ3v) is 3.40. The summed E-state index contributed by atoms with van der Waals surface area (Å²) in [5.41, 5.74) is 1.75. The molecular weight excluding hydrogens is 307 g/mol. The largest absolute Gasteiger partial charge is 0.383 e. The van der Waals surface area contributed by atoms with E-state index in [-0.39, 0.29) is 11.7 Å². The lowest BCUT2D eigenvalue weighted by Gasteiger charge is -2.12. The van der Waals surface area contributed by atoms with E-state index in [0.29, 0.717) is 11.0 Å². The first kappa shape index (κ1) is 13.6. The molecule has 0 bridgehead atoms. The topological polar surface area (TPSA) is 35.8 Å². The molecule has 0 heterocycles. The van der Waals surface area contributed by atoms with E-state index in [4.69, 9.17) is 0 Å². The Morgan fingerprint density at radius 2 is 1.95 bits per heavy atom. The summed E-state index contributed by atoms with van der Waals surface area (Å²) in [6.07, 6.45) is 0. The maximum Gasteiger partial charge on any atom is 0.137 e. The summed E-state index contributed by atoms with van der Waals surface area (Å²) in [5.74, 6) is -0.532. The molecule has 0 amide bonds. The molecule has 0 fully saturated rings. The Morgan fingerprint density at radius 3 is 2.58 bits per heavy atom. The molecule has 0 saturated heterocycles. The summed E-state index contributed by atoms with van der Waals surface area (Å²) in [5, 5.41) is 12.3. The Bertz CT molecular complexity index is 593. The molecule has 2 aromatic carbocycles. The number of nitrogens with zero attached hydrogens (tertiary/aromatic N) is 1. The number of anilines is 1. The Balaban J connectivity index is 2.05. The molecule has 2 aromatic rings. The number of halogens is 2. The molecule has 2 rings (SSSR count). The highest BCUT2D eigenvalue weighted by Crippen LogP contribution is 2.21. The van der Waals surface area contributed by atoms with Gasteiger partial charge in [-0.2, -0.15) is 5.26 Å². The first-order valence-electron chi connectivity index (χ1n) is 5.84. The minimum atomic E-state index is -0.301. The van der Waals surface area contributed by atoms with Crippen molar-refractivity contribution in [2.75, 3.05) is 11.9 Å².